The van der Waals surface area contributed by atoms with E-state index in [1.807, 2.05) is 25.1 Å². The number of halogens is 1. The Morgan fingerprint density at radius 3 is 2.75 bits per heavy atom. The van der Waals surface area contributed by atoms with Crippen LogP contribution in [0.5, 0.6) is 0 Å². The second-order valence-electron chi connectivity index (χ2n) is 7.96. The molecule has 10 heteroatoms. The Morgan fingerprint density at radius 2 is 2.11 bits per heavy atom. The van der Waals surface area contributed by atoms with Crippen molar-refractivity contribution in [2.45, 2.75) is 13.8 Å². The summed E-state index contributed by atoms with van der Waals surface area (Å²) in [5.74, 6) is 1.02. The Hall–Kier alpha value is -2.86. The number of amides is 1. The van der Waals surface area contributed by atoms with E-state index in [9.17, 15) is 4.79 Å². The second kappa shape index (κ2) is 6.34. The number of aromatic nitrogens is 4. The van der Waals surface area contributed by atoms with Crippen molar-refractivity contribution < 1.29 is 4.79 Å². The number of fused-ring (bicyclic) bond motifs is 1. The van der Waals surface area contributed by atoms with Gasteiger partial charge in [-0.3, -0.25) is 9.48 Å². The summed E-state index contributed by atoms with van der Waals surface area (Å²) >= 11 is 6.40. The summed E-state index contributed by atoms with van der Waals surface area (Å²) in [6.07, 6.45) is 5.07. The molecule has 0 aliphatic carbocycles. The number of carbonyl (C=O) groups excluding carboxylic acids is 1. The fraction of sp³-hybridized carbons (Fsp3) is 0.500. The van der Waals surface area contributed by atoms with E-state index in [4.69, 9.17) is 16.9 Å². The van der Waals surface area contributed by atoms with Crippen molar-refractivity contribution in [1.82, 2.24) is 24.6 Å². The van der Waals surface area contributed by atoms with Crippen LogP contribution in [0.3, 0.4) is 0 Å². The molecule has 9 nitrogen and oxygen atoms in total. The Kier molecular flexibility index (Phi) is 4.19. The van der Waals surface area contributed by atoms with E-state index in [1.54, 1.807) is 22.0 Å². The zero-order chi connectivity index (χ0) is 20.1. The molecule has 2 atom stereocenters. The van der Waals surface area contributed by atoms with Crippen molar-refractivity contribution in [2.24, 2.45) is 17.9 Å². The van der Waals surface area contributed by atoms with Crippen molar-refractivity contribution in [3.63, 3.8) is 0 Å². The SMILES string of the molecule is Cn1cc(Nc2ncc(Cl)c(N3C[C@]4(C)CN(CC#N)C(=O)[C@]4(C)C3)n2)cn1. The van der Waals surface area contributed by atoms with Gasteiger partial charge >= 0.3 is 0 Å². The number of nitriles is 1. The van der Waals surface area contributed by atoms with E-state index in [0.29, 0.717) is 36.4 Å². The molecule has 146 valence electrons. The fourth-order valence-electron chi connectivity index (χ4n) is 4.23. The molecule has 2 aromatic rings. The first kappa shape index (κ1) is 18.5. The zero-order valence-corrected chi connectivity index (χ0v) is 16.7. The third-order valence-electron chi connectivity index (χ3n) is 5.93. The number of nitrogens with zero attached hydrogens (tertiary/aromatic N) is 7. The summed E-state index contributed by atoms with van der Waals surface area (Å²) in [6.45, 7) is 5.85. The van der Waals surface area contributed by atoms with Gasteiger partial charge in [0.05, 0.1) is 29.6 Å². The van der Waals surface area contributed by atoms with Crippen LogP contribution in [0.15, 0.2) is 18.6 Å². The summed E-state index contributed by atoms with van der Waals surface area (Å²) in [5.41, 5.74) is -0.100. The van der Waals surface area contributed by atoms with E-state index < -0.39 is 5.41 Å². The summed E-state index contributed by atoms with van der Waals surface area (Å²) in [7, 11) is 1.83. The average molecular weight is 401 g/mol. The van der Waals surface area contributed by atoms with Crippen molar-refractivity contribution >= 4 is 35.0 Å². The lowest BCUT2D eigenvalue weighted by atomic mass is 9.70. The average Bonchev–Trinajstić information content (AvgIpc) is 3.21. The highest BCUT2D eigenvalue weighted by atomic mass is 35.5. The van der Waals surface area contributed by atoms with E-state index in [1.165, 1.54) is 0 Å². The smallest absolute Gasteiger partial charge is 0.231 e. The molecule has 0 aromatic carbocycles. The lowest BCUT2D eigenvalue weighted by molar-refractivity contribution is -0.135. The highest BCUT2D eigenvalue weighted by Gasteiger charge is 2.63. The molecule has 0 spiro atoms. The number of likely N-dealkylation sites (tertiary alicyclic amines) is 1. The van der Waals surface area contributed by atoms with Crippen LogP contribution in [-0.2, 0) is 11.8 Å². The van der Waals surface area contributed by atoms with Gasteiger partial charge in [-0.25, -0.2) is 4.98 Å². The van der Waals surface area contributed by atoms with Crippen LogP contribution < -0.4 is 10.2 Å². The minimum Gasteiger partial charge on any atom is -0.353 e. The lowest BCUT2D eigenvalue weighted by Crippen LogP contribution is -2.39. The van der Waals surface area contributed by atoms with Gasteiger partial charge < -0.3 is 15.1 Å². The number of nitrogens with one attached hydrogen (secondary N) is 1. The van der Waals surface area contributed by atoms with Crippen LogP contribution in [0.1, 0.15) is 13.8 Å². The van der Waals surface area contributed by atoms with Crippen molar-refractivity contribution in [2.75, 3.05) is 36.4 Å². The van der Waals surface area contributed by atoms with Crippen molar-refractivity contribution in [1.29, 1.82) is 5.26 Å². The van der Waals surface area contributed by atoms with Gasteiger partial charge in [-0.05, 0) is 6.92 Å². The number of anilines is 3. The van der Waals surface area contributed by atoms with Gasteiger partial charge in [-0.15, -0.1) is 0 Å². The summed E-state index contributed by atoms with van der Waals surface area (Å²) < 4.78 is 1.68. The predicted molar refractivity (Wildman–Crippen MR) is 104 cm³/mol. The molecule has 4 rings (SSSR count). The molecular formula is C18H21ClN8O. The van der Waals surface area contributed by atoms with E-state index >= 15 is 0 Å². The topological polar surface area (TPSA) is 103 Å². The largest absolute Gasteiger partial charge is 0.353 e. The summed E-state index contributed by atoms with van der Waals surface area (Å²) in [5, 5.41) is 16.7. The summed E-state index contributed by atoms with van der Waals surface area (Å²) in [6, 6.07) is 2.08. The molecule has 2 aliphatic heterocycles. The molecule has 2 aromatic heterocycles. The monoisotopic (exact) mass is 400 g/mol. The Morgan fingerprint density at radius 1 is 1.32 bits per heavy atom. The van der Waals surface area contributed by atoms with Gasteiger partial charge in [0.1, 0.15) is 11.6 Å². The number of aryl methyl sites for hydroxylation is 1. The zero-order valence-electron chi connectivity index (χ0n) is 16.0. The first-order chi connectivity index (χ1) is 13.3. The quantitative estimate of drug-likeness (QED) is 0.780. The van der Waals surface area contributed by atoms with Gasteiger partial charge in [0.25, 0.3) is 0 Å². The van der Waals surface area contributed by atoms with Crippen LogP contribution in [0, 0.1) is 22.2 Å². The number of carbonyl (C=O) groups is 1. The highest BCUT2D eigenvalue weighted by Crippen LogP contribution is 2.53. The van der Waals surface area contributed by atoms with Crippen molar-refractivity contribution in [3.05, 3.63) is 23.6 Å². The second-order valence-corrected chi connectivity index (χ2v) is 8.37. The molecule has 1 N–H and O–H groups in total. The normalized spacial score (nSPS) is 26.5. The molecule has 4 heterocycles. The molecule has 0 radical (unpaired) electrons. The minimum atomic E-state index is -0.588. The standard InChI is InChI=1S/C18H21ClN8O/c1-17-9-26(5-4-20)15(28)18(17,2)11-27(10-17)14-13(19)7-21-16(24-14)23-12-6-22-25(3)8-12/h6-8H,5,9-11H2,1-3H3,(H,21,23,24)/t17-,18-/m0/s1. The first-order valence-corrected chi connectivity index (χ1v) is 9.33. The Labute approximate surface area is 167 Å². The van der Waals surface area contributed by atoms with E-state index in [2.05, 4.69) is 33.4 Å². The van der Waals surface area contributed by atoms with E-state index in [-0.39, 0.29) is 17.9 Å². The maximum absolute atomic E-state index is 12.9. The summed E-state index contributed by atoms with van der Waals surface area (Å²) in [4.78, 5) is 25.5. The van der Waals surface area contributed by atoms with Crippen LogP contribution >= 0.6 is 11.6 Å². The molecule has 0 bridgehead atoms. The number of hydrogen-bond acceptors (Lipinski definition) is 7. The number of rotatable bonds is 4. The van der Waals surface area contributed by atoms with Crippen LogP contribution in [0.2, 0.25) is 5.02 Å². The third-order valence-corrected chi connectivity index (χ3v) is 6.19. The van der Waals surface area contributed by atoms with Gasteiger partial charge in [0.2, 0.25) is 11.9 Å². The maximum atomic E-state index is 12.9. The van der Waals surface area contributed by atoms with Gasteiger partial charge in [0.15, 0.2) is 5.82 Å². The van der Waals surface area contributed by atoms with Crippen molar-refractivity contribution in [3.8, 4) is 6.07 Å². The lowest BCUT2D eigenvalue weighted by Gasteiger charge is -2.28. The first-order valence-electron chi connectivity index (χ1n) is 8.95. The molecule has 2 fully saturated rings. The Balaban J connectivity index is 1.60. The van der Waals surface area contributed by atoms with Gasteiger partial charge in [-0.1, -0.05) is 18.5 Å². The van der Waals surface area contributed by atoms with Crippen LogP contribution in [0.25, 0.3) is 0 Å². The Bertz CT molecular complexity index is 984. The predicted octanol–water partition coefficient (Wildman–Crippen LogP) is 1.81. The van der Waals surface area contributed by atoms with Crippen LogP contribution in [-0.4, -0.2) is 56.7 Å². The molecule has 0 saturated carbocycles. The molecule has 0 unspecified atom stereocenters. The molecule has 28 heavy (non-hydrogen) atoms. The minimum absolute atomic E-state index is 0.0120. The highest BCUT2D eigenvalue weighted by molar-refractivity contribution is 6.32. The molecule has 1 amide bonds. The fourth-order valence-corrected chi connectivity index (χ4v) is 4.44. The number of hydrogen-bond donors (Lipinski definition) is 1. The maximum Gasteiger partial charge on any atom is 0.231 e. The third kappa shape index (κ3) is 2.76. The molecular weight excluding hydrogens is 380 g/mol. The van der Waals surface area contributed by atoms with E-state index in [0.717, 1.165) is 5.69 Å². The molecule has 2 aliphatic rings. The van der Waals surface area contributed by atoms with Crippen LogP contribution in [0.4, 0.5) is 17.5 Å². The van der Waals surface area contributed by atoms with Gasteiger partial charge in [0, 0.05) is 38.3 Å². The van der Waals surface area contributed by atoms with Gasteiger partial charge in [-0.2, -0.15) is 15.3 Å². The molecule has 2 saturated heterocycles.